The van der Waals surface area contributed by atoms with E-state index in [0.717, 1.165) is 18.4 Å². The van der Waals surface area contributed by atoms with Crippen LogP contribution in [0.3, 0.4) is 0 Å². The summed E-state index contributed by atoms with van der Waals surface area (Å²) in [5.74, 6) is 0.0594. The Labute approximate surface area is 145 Å². The summed E-state index contributed by atoms with van der Waals surface area (Å²) in [5, 5.41) is 6.90. The van der Waals surface area contributed by atoms with Crippen LogP contribution in [0.5, 0.6) is 0 Å². The number of nitrogens with zero attached hydrogens (tertiary/aromatic N) is 3. The fraction of sp³-hybridized carbons (Fsp3) is 0.471. The Kier molecular flexibility index (Phi) is 5.08. The first-order chi connectivity index (χ1) is 11.6. The normalized spacial score (nSPS) is 15.2. The van der Waals surface area contributed by atoms with Crippen LogP contribution in [0, 0.1) is 0 Å². The number of carbonyl (C=O) groups excluding carboxylic acids is 1. The molecule has 0 spiro atoms. The van der Waals surface area contributed by atoms with Crippen molar-refractivity contribution in [3.63, 3.8) is 0 Å². The predicted molar refractivity (Wildman–Crippen MR) is 94.0 cm³/mol. The number of hydrogen-bond acceptors (Lipinski definition) is 4. The summed E-state index contributed by atoms with van der Waals surface area (Å²) in [6.07, 6.45) is 2.01. The van der Waals surface area contributed by atoms with Gasteiger partial charge >= 0.3 is 5.69 Å². The minimum absolute atomic E-state index is 0.0594. The minimum Gasteiger partial charge on any atom is -0.338 e. The zero-order chi connectivity index (χ0) is 17.1. The molecule has 1 heterocycles. The number of benzene rings is 1. The number of thioether (sulfide) groups is 1. The number of nitrogens with one attached hydrogen (secondary N) is 1. The molecule has 3 rings (SSSR count). The Morgan fingerprint density at radius 3 is 2.75 bits per heavy atom. The van der Waals surface area contributed by atoms with Gasteiger partial charge in [0.15, 0.2) is 5.16 Å². The van der Waals surface area contributed by atoms with Gasteiger partial charge in [0.25, 0.3) is 0 Å². The summed E-state index contributed by atoms with van der Waals surface area (Å²) < 4.78 is 1.68. The van der Waals surface area contributed by atoms with Crippen molar-refractivity contribution in [3.8, 4) is 0 Å². The van der Waals surface area contributed by atoms with Crippen molar-refractivity contribution in [1.29, 1.82) is 0 Å². The molecule has 1 amide bonds. The first-order valence-electron chi connectivity index (χ1n) is 8.26. The molecule has 2 aromatic rings. The summed E-state index contributed by atoms with van der Waals surface area (Å²) in [6.45, 7) is 5.09. The molecule has 0 saturated heterocycles. The second kappa shape index (κ2) is 7.25. The highest BCUT2D eigenvalue weighted by Gasteiger charge is 2.30. The molecule has 1 aromatic carbocycles. The highest BCUT2D eigenvalue weighted by atomic mass is 32.2. The van der Waals surface area contributed by atoms with Crippen LogP contribution in [0.15, 0.2) is 40.3 Å². The fourth-order valence-electron chi connectivity index (χ4n) is 2.64. The molecule has 1 fully saturated rings. The second-order valence-corrected chi connectivity index (χ2v) is 7.32. The van der Waals surface area contributed by atoms with E-state index in [-0.39, 0.29) is 22.9 Å². The van der Waals surface area contributed by atoms with Gasteiger partial charge in [0.2, 0.25) is 5.91 Å². The largest absolute Gasteiger partial charge is 0.344 e. The van der Waals surface area contributed by atoms with Gasteiger partial charge in [0, 0.05) is 19.1 Å². The van der Waals surface area contributed by atoms with Gasteiger partial charge in [-0.05, 0) is 32.3 Å². The molecular weight excluding hydrogens is 324 g/mol. The van der Waals surface area contributed by atoms with Crippen LogP contribution in [-0.2, 0) is 11.3 Å². The van der Waals surface area contributed by atoms with E-state index < -0.39 is 0 Å². The van der Waals surface area contributed by atoms with Crippen molar-refractivity contribution in [2.24, 2.45) is 0 Å². The van der Waals surface area contributed by atoms with E-state index in [4.69, 9.17) is 0 Å². The summed E-state index contributed by atoms with van der Waals surface area (Å²) in [5.41, 5.74) is 0.927. The number of H-pyrrole nitrogens is 1. The zero-order valence-corrected chi connectivity index (χ0v) is 14.8. The van der Waals surface area contributed by atoms with Crippen molar-refractivity contribution in [3.05, 3.63) is 46.4 Å². The third-order valence-electron chi connectivity index (χ3n) is 4.12. The monoisotopic (exact) mass is 346 g/mol. The van der Waals surface area contributed by atoms with Crippen molar-refractivity contribution in [2.45, 2.75) is 49.7 Å². The predicted octanol–water partition coefficient (Wildman–Crippen LogP) is 2.44. The molecule has 1 atom stereocenters. The molecule has 24 heavy (non-hydrogen) atoms. The maximum atomic E-state index is 12.8. The molecule has 128 valence electrons. The summed E-state index contributed by atoms with van der Waals surface area (Å²) in [4.78, 5) is 26.4. The van der Waals surface area contributed by atoms with Crippen LogP contribution in [0.1, 0.15) is 38.3 Å². The molecule has 0 radical (unpaired) electrons. The lowest BCUT2D eigenvalue weighted by molar-refractivity contribution is -0.130. The number of amides is 1. The number of carbonyl (C=O) groups is 1. The SMILES string of the molecule is CCN(Cc1ccccc1)C(=O)[C@@H](C)Sc1n[nH]c(=O)n1C1CC1. The van der Waals surface area contributed by atoms with Crippen LogP contribution in [0.2, 0.25) is 0 Å². The van der Waals surface area contributed by atoms with Crippen LogP contribution in [-0.4, -0.2) is 37.4 Å². The summed E-state index contributed by atoms with van der Waals surface area (Å²) >= 11 is 1.35. The molecule has 1 N–H and O–H groups in total. The van der Waals surface area contributed by atoms with E-state index in [0.29, 0.717) is 18.2 Å². The average molecular weight is 346 g/mol. The highest BCUT2D eigenvalue weighted by Crippen LogP contribution is 2.36. The molecule has 1 saturated carbocycles. The van der Waals surface area contributed by atoms with E-state index in [2.05, 4.69) is 10.2 Å². The maximum Gasteiger partial charge on any atom is 0.344 e. The number of hydrogen-bond donors (Lipinski definition) is 1. The van der Waals surface area contributed by atoms with E-state index in [9.17, 15) is 9.59 Å². The van der Waals surface area contributed by atoms with Crippen LogP contribution < -0.4 is 5.69 Å². The molecule has 7 heteroatoms. The Bertz CT molecular complexity index is 751. The van der Waals surface area contributed by atoms with Crippen molar-refractivity contribution in [2.75, 3.05) is 6.54 Å². The Hall–Kier alpha value is -2.02. The smallest absolute Gasteiger partial charge is 0.338 e. The van der Waals surface area contributed by atoms with E-state index in [1.165, 1.54) is 11.8 Å². The van der Waals surface area contributed by atoms with Crippen molar-refractivity contribution >= 4 is 17.7 Å². The summed E-state index contributed by atoms with van der Waals surface area (Å²) in [7, 11) is 0. The lowest BCUT2D eigenvalue weighted by atomic mass is 10.2. The standard InChI is InChI=1S/C17H22N4O2S/c1-3-20(11-13-7-5-4-6-8-13)15(22)12(2)24-17-19-18-16(23)21(17)14-9-10-14/h4-8,12,14H,3,9-11H2,1-2H3,(H,18,23)/t12-/m1/s1. The first-order valence-corrected chi connectivity index (χ1v) is 9.14. The zero-order valence-electron chi connectivity index (χ0n) is 13.9. The van der Waals surface area contributed by atoms with E-state index >= 15 is 0 Å². The van der Waals surface area contributed by atoms with Gasteiger partial charge in [-0.15, -0.1) is 5.10 Å². The maximum absolute atomic E-state index is 12.8. The van der Waals surface area contributed by atoms with Gasteiger partial charge in [-0.2, -0.15) is 0 Å². The third-order valence-corrected chi connectivity index (χ3v) is 5.18. The van der Waals surface area contributed by atoms with E-state index in [1.54, 1.807) is 4.57 Å². The first kappa shape index (κ1) is 16.8. The quantitative estimate of drug-likeness (QED) is 0.782. The molecule has 1 aliphatic carbocycles. The Morgan fingerprint density at radius 2 is 2.12 bits per heavy atom. The van der Waals surface area contributed by atoms with Gasteiger partial charge in [0.1, 0.15) is 0 Å². The van der Waals surface area contributed by atoms with Crippen molar-refractivity contribution < 1.29 is 4.79 Å². The number of aromatic nitrogens is 3. The van der Waals surface area contributed by atoms with Crippen LogP contribution >= 0.6 is 11.8 Å². The number of aromatic amines is 1. The Morgan fingerprint density at radius 1 is 1.42 bits per heavy atom. The molecule has 0 unspecified atom stereocenters. The topological polar surface area (TPSA) is 71.0 Å². The van der Waals surface area contributed by atoms with Gasteiger partial charge in [0.05, 0.1) is 5.25 Å². The van der Waals surface area contributed by atoms with Crippen molar-refractivity contribution in [1.82, 2.24) is 19.7 Å². The van der Waals surface area contributed by atoms with Crippen LogP contribution in [0.25, 0.3) is 0 Å². The molecule has 1 aliphatic rings. The highest BCUT2D eigenvalue weighted by molar-refractivity contribution is 8.00. The lowest BCUT2D eigenvalue weighted by Crippen LogP contribution is -2.36. The lowest BCUT2D eigenvalue weighted by Gasteiger charge is -2.24. The van der Waals surface area contributed by atoms with E-state index in [1.807, 2.05) is 49.1 Å². The molecule has 0 aliphatic heterocycles. The van der Waals surface area contributed by atoms with Gasteiger partial charge < -0.3 is 4.90 Å². The van der Waals surface area contributed by atoms with Gasteiger partial charge in [-0.25, -0.2) is 9.89 Å². The van der Waals surface area contributed by atoms with Gasteiger partial charge in [-0.3, -0.25) is 9.36 Å². The summed E-state index contributed by atoms with van der Waals surface area (Å²) in [6, 6.07) is 10.2. The fourth-order valence-corrected chi connectivity index (χ4v) is 3.65. The second-order valence-electron chi connectivity index (χ2n) is 6.01. The number of rotatable bonds is 7. The molecule has 6 nitrogen and oxygen atoms in total. The molecule has 1 aromatic heterocycles. The van der Waals surface area contributed by atoms with Crippen LogP contribution in [0.4, 0.5) is 0 Å². The molecular formula is C17H22N4O2S. The molecule has 0 bridgehead atoms. The Balaban J connectivity index is 1.68. The average Bonchev–Trinajstić information content (AvgIpc) is 3.37. The third kappa shape index (κ3) is 3.72. The minimum atomic E-state index is -0.290. The van der Waals surface area contributed by atoms with Gasteiger partial charge in [-0.1, -0.05) is 42.1 Å².